The van der Waals surface area contributed by atoms with E-state index < -0.39 is 0 Å². The summed E-state index contributed by atoms with van der Waals surface area (Å²) in [6, 6.07) is 6.36. The summed E-state index contributed by atoms with van der Waals surface area (Å²) >= 11 is 0. The number of aromatic hydroxyl groups is 2. The monoisotopic (exact) mass is 255 g/mol. The lowest BCUT2D eigenvalue weighted by molar-refractivity contribution is 0.451. The number of phenols is 2. The predicted octanol–water partition coefficient (Wildman–Crippen LogP) is 2.53. The third kappa shape index (κ3) is 1.89. The van der Waals surface area contributed by atoms with Crippen LogP contribution in [0.1, 0.15) is 6.92 Å². The number of pyridine rings is 1. The normalized spacial score (nSPS) is 11.0. The SMILES string of the molecule is CCn1c(-c2cc(O)cc(O)c2)nc2cnccc21. The van der Waals surface area contributed by atoms with Crippen molar-refractivity contribution in [1.82, 2.24) is 14.5 Å². The molecule has 3 rings (SSSR count). The van der Waals surface area contributed by atoms with E-state index in [1.165, 1.54) is 6.07 Å². The van der Waals surface area contributed by atoms with Gasteiger partial charge in [0, 0.05) is 24.4 Å². The number of fused-ring (bicyclic) bond motifs is 1. The first-order valence-corrected chi connectivity index (χ1v) is 6.02. The fourth-order valence-corrected chi connectivity index (χ4v) is 2.25. The molecule has 5 nitrogen and oxygen atoms in total. The number of aromatic nitrogens is 3. The summed E-state index contributed by atoms with van der Waals surface area (Å²) in [6.45, 7) is 2.76. The molecule has 2 aromatic heterocycles. The third-order valence-corrected chi connectivity index (χ3v) is 3.03. The van der Waals surface area contributed by atoms with Crippen molar-refractivity contribution in [3.63, 3.8) is 0 Å². The number of hydrogen-bond donors (Lipinski definition) is 2. The third-order valence-electron chi connectivity index (χ3n) is 3.03. The van der Waals surface area contributed by atoms with Gasteiger partial charge in [0.15, 0.2) is 0 Å². The van der Waals surface area contributed by atoms with Gasteiger partial charge < -0.3 is 14.8 Å². The molecule has 0 spiro atoms. The van der Waals surface area contributed by atoms with Crippen molar-refractivity contribution in [3.05, 3.63) is 36.7 Å². The summed E-state index contributed by atoms with van der Waals surface area (Å²) in [5, 5.41) is 19.2. The first kappa shape index (κ1) is 11.5. The van der Waals surface area contributed by atoms with Gasteiger partial charge >= 0.3 is 0 Å². The highest BCUT2D eigenvalue weighted by Crippen LogP contribution is 2.30. The zero-order chi connectivity index (χ0) is 13.4. The molecule has 0 aliphatic heterocycles. The molecule has 0 atom stereocenters. The standard InChI is InChI=1S/C14H13N3O2/c1-2-17-13-3-4-15-8-12(13)16-14(17)9-5-10(18)7-11(19)6-9/h3-8,18-19H,2H2,1H3. The predicted molar refractivity (Wildman–Crippen MR) is 72.0 cm³/mol. The van der Waals surface area contributed by atoms with Crippen molar-refractivity contribution in [2.75, 3.05) is 0 Å². The Morgan fingerprint density at radius 3 is 2.58 bits per heavy atom. The van der Waals surface area contributed by atoms with Crippen LogP contribution in [0.15, 0.2) is 36.7 Å². The minimum absolute atomic E-state index is 0.0165. The number of benzene rings is 1. The summed E-state index contributed by atoms with van der Waals surface area (Å²) < 4.78 is 2.02. The number of rotatable bonds is 2. The average molecular weight is 255 g/mol. The molecule has 5 heteroatoms. The lowest BCUT2D eigenvalue weighted by Crippen LogP contribution is -1.97. The van der Waals surface area contributed by atoms with E-state index in [1.54, 1.807) is 24.5 Å². The van der Waals surface area contributed by atoms with E-state index in [-0.39, 0.29) is 11.5 Å². The van der Waals surface area contributed by atoms with E-state index in [4.69, 9.17) is 0 Å². The highest BCUT2D eigenvalue weighted by atomic mass is 16.3. The van der Waals surface area contributed by atoms with E-state index >= 15 is 0 Å². The summed E-state index contributed by atoms with van der Waals surface area (Å²) in [4.78, 5) is 8.57. The lowest BCUT2D eigenvalue weighted by Gasteiger charge is -2.07. The van der Waals surface area contributed by atoms with Gasteiger partial charge in [0.25, 0.3) is 0 Å². The molecule has 0 bridgehead atoms. The zero-order valence-electron chi connectivity index (χ0n) is 10.4. The maximum absolute atomic E-state index is 9.58. The van der Waals surface area contributed by atoms with Gasteiger partial charge in [-0.3, -0.25) is 4.98 Å². The van der Waals surface area contributed by atoms with E-state index in [1.807, 2.05) is 17.6 Å². The second kappa shape index (κ2) is 4.28. The van der Waals surface area contributed by atoms with Crippen LogP contribution in [-0.4, -0.2) is 24.7 Å². The largest absolute Gasteiger partial charge is 0.508 e. The van der Waals surface area contributed by atoms with Crippen LogP contribution in [0.5, 0.6) is 11.5 Å². The van der Waals surface area contributed by atoms with E-state index in [0.717, 1.165) is 17.6 Å². The second-order valence-electron chi connectivity index (χ2n) is 4.28. The number of aryl methyl sites for hydroxylation is 1. The van der Waals surface area contributed by atoms with Crippen molar-refractivity contribution in [3.8, 4) is 22.9 Å². The smallest absolute Gasteiger partial charge is 0.141 e. The first-order valence-electron chi connectivity index (χ1n) is 6.02. The van der Waals surface area contributed by atoms with Gasteiger partial charge in [-0.1, -0.05) is 0 Å². The Kier molecular flexibility index (Phi) is 2.59. The summed E-state index contributed by atoms with van der Waals surface area (Å²) in [5.41, 5.74) is 2.45. The Morgan fingerprint density at radius 2 is 1.89 bits per heavy atom. The van der Waals surface area contributed by atoms with Gasteiger partial charge in [-0.05, 0) is 25.1 Å². The van der Waals surface area contributed by atoms with Crippen LogP contribution in [0.2, 0.25) is 0 Å². The number of hydrogen-bond acceptors (Lipinski definition) is 4. The molecular formula is C14H13N3O2. The molecule has 0 saturated carbocycles. The summed E-state index contributed by atoms with van der Waals surface area (Å²) in [7, 11) is 0. The Hall–Kier alpha value is -2.56. The molecule has 0 amide bonds. The fourth-order valence-electron chi connectivity index (χ4n) is 2.25. The second-order valence-corrected chi connectivity index (χ2v) is 4.28. The number of nitrogens with zero attached hydrogens (tertiary/aromatic N) is 3. The Labute approximate surface area is 109 Å². The van der Waals surface area contributed by atoms with Crippen LogP contribution < -0.4 is 0 Å². The topological polar surface area (TPSA) is 71.2 Å². The van der Waals surface area contributed by atoms with Crippen LogP contribution in [0.25, 0.3) is 22.4 Å². The van der Waals surface area contributed by atoms with Gasteiger partial charge in [0.05, 0.1) is 11.7 Å². The Balaban J connectivity index is 2.29. The molecule has 3 aromatic rings. The summed E-state index contributed by atoms with van der Waals surface area (Å²) in [6.07, 6.45) is 3.42. The molecule has 2 N–H and O–H groups in total. The Bertz CT molecular complexity index is 729. The quantitative estimate of drug-likeness (QED) is 0.738. The van der Waals surface area contributed by atoms with Gasteiger partial charge in [0.1, 0.15) is 22.8 Å². The molecule has 0 radical (unpaired) electrons. The van der Waals surface area contributed by atoms with E-state index in [2.05, 4.69) is 9.97 Å². The van der Waals surface area contributed by atoms with Crippen molar-refractivity contribution >= 4 is 11.0 Å². The van der Waals surface area contributed by atoms with Crippen LogP contribution in [0.4, 0.5) is 0 Å². The zero-order valence-corrected chi connectivity index (χ0v) is 10.4. The Morgan fingerprint density at radius 1 is 1.16 bits per heavy atom. The molecule has 0 fully saturated rings. The molecular weight excluding hydrogens is 242 g/mol. The maximum atomic E-state index is 9.58. The lowest BCUT2D eigenvalue weighted by atomic mass is 10.2. The number of phenolic OH excluding ortho intramolecular Hbond substituents is 2. The average Bonchev–Trinajstić information content (AvgIpc) is 2.76. The number of imidazole rings is 1. The minimum atomic E-state index is 0.0165. The highest BCUT2D eigenvalue weighted by molar-refractivity contribution is 5.80. The molecule has 96 valence electrons. The van der Waals surface area contributed by atoms with Crippen molar-refractivity contribution in [1.29, 1.82) is 0 Å². The molecule has 0 unspecified atom stereocenters. The van der Waals surface area contributed by atoms with E-state index in [9.17, 15) is 10.2 Å². The minimum Gasteiger partial charge on any atom is -0.508 e. The van der Waals surface area contributed by atoms with Crippen LogP contribution in [-0.2, 0) is 6.54 Å². The molecule has 0 saturated heterocycles. The van der Waals surface area contributed by atoms with Gasteiger partial charge in [-0.25, -0.2) is 4.98 Å². The van der Waals surface area contributed by atoms with Crippen molar-refractivity contribution in [2.24, 2.45) is 0 Å². The van der Waals surface area contributed by atoms with Crippen molar-refractivity contribution in [2.45, 2.75) is 13.5 Å². The fraction of sp³-hybridized carbons (Fsp3) is 0.143. The molecule has 1 aromatic carbocycles. The van der Waals surface area contributed by atoms with Crippen LogP contribution in [0.3, 0.4) is 0 Å². The van der Waals surface area contributed by atoms with Crippen LogP contribution >= 0.6 is 0 Å². The molecule has 0 aliphatic rings. The first-order chi connectivity index (χ1) is 9.19. The molecule has 2 heterocycles. The van der Waals surface area contributed by atoms with Gasteiger partial charge in [-0.15, -0.1) is 0 Å². The highest BCUT2D eigenvalue weighted by Gasteiger charge is 2.12. The van der Waals surface area contributed by atoms with E-state index in [0.29, 0.717) is 11.4 Å². The van der Waals surface area contributed by atoms with Crippen molar-refractivity contribution < 1.29 is 10.2 Å². The maximum Gasteiger partial charge on any atom is 0.141 e. The molecule has 0 aliphatic carbocycles. The summed E-state index contributed by atoms with van der Waals surface area (Å²) in [5.74, 6) is 0.738. The van der Waals surface area contributed by atoms with Gasteiger partial charge in [0.2, 0.25) is 0 Å². The van der Waals surface area contributed by atoms with Gasteiger partial charge in [-0.2, -0.15) is 0 Å². The molecule has 19 heavy (non-hydrogen) atoms. The van der Waals surface area contributed by atoms with Crippen LogP contribution in [0, 0.1) is 0 Å².